The maximum Gasteiger partial charge on any atom is 0.270 e. The van der Waals surface area contributed by atoms with Gasteiger partial charge in [-0.2, -0.15) is 0 Å². The Balaban J connectivity index is 1.52. The molecule has 2 aliphatic rings. The van der Waals surface area contributed by atoms with Crippen molar-refractivity contribution in [2.45, 2.75) is 25.4 Å². The Bertz CT molecular complexity index is 791. The van der Waals surface area contributed by atoms with Gasteiger partial charge < -0.3 is 20.1 Å². The molecule has 1 aromatic heterocycles. The van der Waals surface area contributed by atoms with E-state index in [0.29, 0.717) is 50.8 Å². The first-order valence-electron chi connectivity index (χ1n) is 9.45. The Labute approximate surface area is 158 Å². The zero-order chi connectivity index (χ0) is 18.5. The van der Waals surface area contributed by atoms with E-state index in [1.165, 1.54) is 5.56 Å². The summed E-state index contributed by atoms with van der Waals surface area (Å²) in [6.07, 6.45) is 2.24. The number of ether oxygens (including phenoxy) is 2. The lowest BCUT2D eigenvalue weighted by Gasteiger charge is -2.25. The quantitative estimate of drug-likeness (QED) is 0.801. The van der Waals surface area contributed by atoms with E-state index in [9.17, 15) is 4.79 Å². The van der Waals surface area contributed by atoms with Gasteiger partial charge in [0.05, 0.1) is 25.9 Å². The molecule has 0 saturated carbocycles. The van der Waals surface area contributed by atoms with E-state index in [-0.39, 0.29) is 12.0 Å². The molecule has 2 aliphatic heterocycles. The number of aromatic nitrogens is 2. The van der Waals surface area contributed by atoms with E-state index < -0.39 is 0 Å². The Morgan fingerprint density at radius 2 is 2.04 bits per heavy atom. The van der Waals surface area contributed by atoms with Crippen LogP contribution in [0.25, 0.3) is 0 Å². The molecule has 4 rings (SSSR count). The van der Waals surface area contributed by atoms with E-state index in [1.54, 1.807) is 0 Å². The van der Waals surface area contributed by atoms with Gasteiger partial charge in [-0.1, -0.05) is 30.3 Å². The van der Waals surface area contributed by atoms with Crippen LogP contribution < -0.4 is 10.6 Å². The molecule has 1 saturated heterocycles. The smallest absolute Gasteiger partial charge is 0.270 e. The number of nitrogens with zero attached hydrogens (tertiary/aromatic N) is 2. The van der Waals surface area contributed by atoms with Crippen LogP contribution in [0.2, 0.25) is 0 Å². The Morgan fingerprint density at radius 1 is 1.15 bits per heavy atom. The number of hydrogen-bond acceptors (Lipinski definition) is 6. The van der Waals surface area contributed by atoms with Crippen molar-refractivity contribution in [2.24, 2.45) is 0 Å². The fourth-order valence-electron chi connectivity index (χ4n) is 3.36. The lowest BCUT2D eigenvalue weighted by molar-refractivity contribution is -0.0819. The van der Waals surface area contributed by atoms with Gasteiger partial charge in [0.15, 0.2) is 0 Å². The van der Waals surface area contributed by atoms with E-state index in [4.69, 9.17) is 14.5 Å². The summed E-state index contributed by atoms with van der Waals surface area (Å²) >= 11 is 0. The molecule has 0 spiro atoms. The third kappa shape index (κ3) is 4.43. The molecule has 0 radical (unpaired) electrons. The van der Waals surface area contributed by atoms with Crippen LogP contribution in [0.5, 0.6) is 0 Å². The summed E-state index contributed by atoms with van der Waals surface area (Å²) in [7, 11) is 0. The van der Waals surface area contributed by atoms with E-state index in [1.807, 2.05) is 18.2 Å². The van der Waals surface area contributed by atoms with Crippen LogP contribution in [0, 0.1) is 0 Å². The molecule has 7 heteroatoms. The number of anilines is 1. The molecule has 3 heterocycles. The molecular formula is C20H24N4O3. The summed E-state index contributed by atoms with van der Waals surface area (Å²) < 4.78 is 11.1. The maximum atomic E-state index is 12.3. The second-order valence-corrected chi connectivity index (χ2v) is 6.76. The second kappa shape index (κ2) is 8.45. The average molecular weight is 368 g/mol. The van der Waals surface area contributed by atoms with Crippen molar-refractivity contribution < 1.29 is 14.3 Å². The van der Waals surface area contributed by atoms with Gasteiger partial charge in [-0.25, -0.2) is 9.97 Å². The molecular weight excluding hydrogens is 344 g/mol. The monoisotopic (exact) mass is 368 g/mol. The highest BCUT2D eigenvalue weighted by Gasteiger charge is 2.24. The highest BCUT2D eigenvalue weighted by Crippen LogP contribution is 2.21. The van der Waals surface area contributed by atoms with Crippen LogP contribution in [0.3, 0.4) is 0 Å². The second-order valence-electron chi connectivity index (χ2n) is 6.76. The molecule has 1 atom stereocenters. The van der Waals surface area contributed by atoms with Crippen molar-refractivity contribution in [3.8, 4) is 0 Å². The predicted molar refractivity (Wildman–Crippen MR) is 101 cm³/mol. The number of fused-ring (bicyclic) bond motifs is 1. The fraction of sp³-hybridized carbons (Fsp3) is 0.450. The third-order valence-corrected chi connectivity index (χ3v) is 4.79. The first kappa shape index (κ1) is 17.9. The number of carbonyl (C=O) groups is 1. The Hall–Kier alpha value is -2.51. The largest absolute Gasteiger partial charge is 0.376 e. The van der Waals surface area contributed by atoms with Crippen molar-refractivity contribution in [3.05, 3.63) is 53.0 Å². The minimum absolute atomic E-state index is 0.00505. The van der Waals surface area contributed by atoms with Crippen LogP contribution >= 0.6 is 0 Å². The van der Waals surface area contributed by atoms with E-state index >= 15 is 0 Å². The minimum Gasteiger partial charge on any atom is -0.376 e. The Morgan fingerprint density at radius 3 is 2.85 bits per heavy atom. The van der Waals surface area contributed by atoms with Crippen LogP contribution in [-0.2, 0) is 28.7 Å². The number of benzene rings is 1. The van der Waals surface area contributed by atoms with Gasteiger partial charge in [0.2, 0.25) is 0 Å². The molecule has 1 unspecified atom stereocenters. The van der Waals surface area contributed by atoms with Gasteiger partial charge in [-0.15, -0.1) is 0 Å². The van der Waals surface area contributed by atoms with Crippen molar-refractivity contribution in [1.29, 1.82) is 0 Å². The zero-order valence-electron chi connectivity index (χ0n) is 15.2. The molecule has 0 bridgehead atoms. The van der Waals surface area contributed by atoms with Crippen LogP contribution in [0.4, 0.5) is 5.82 Å². The average Bonchev–Trinajstić information content (AvgIpc) is 2.73. The number of hydrogen-bond donors (Lipinski definition) is 2. The van der Waals surface area contributed by atoms with Gasteiger partial charge in [-0.3, -0.25) is 4.79 Å². The fourth-order valence-corrected chi connectivity index (χ4v) is 3.36. The van der Waals surface area contributed by atoms with Crippen molar-refractivity contribution in [2.75, 3.05) is 38.2 Å². The van der Waals surface area contributed by atoms with E-state index in [0.717, 1.165) is 24.2 Å². The van der Waals surface area contributed by atoms with Crippen LogP contribution in [0.1, 0.15) is 27.4 Å². The van der Waals surface area contributed by atoms with Gasteiger partial charge >= 0.3 is 0 Å². The lowest BCUT2D eigenvalue weighted by Crippen LogP contribution is -2.36. The summed E-state index contributed by atoms with van der Waals surface area (Å²) in [4.78, 5) is 21.6. The standard InChI is InChI=1S/C20H24N4O3/c25-20-18-16(8-9-21-20)19(22-12-15-13-26-10-11-27-15)24-17(23-18)7-6-14-4-2-1-3-5-14/h1-5,15H,6-13H2,(H,21,25)(H,22,23,24). The highest BCUT2D eigenvalue weighted by atomic mass is 16.6. The molecule has 1 aromatic carbocycles. The third-order valence-electron chi connectivity index (χ3n) is 4.79. The molecule has 2 N–H and O–H groups in total. The number of amides is 1. The Kier molecular flexibility index (Phi) is 5.60. The van der Waals surface area contributed by atoms with Crippen molar-refractivity contribution in [3.63, 3.8) is 0 Å². The highest BCUT2D eigenvalue weighted by molar-refractivity contribution is 5.96. The molecule has 142 valence electrons. The van der Waals surface area contributed by atoms with Gasteiger partial charge in [0.1, 0.15) is 17.3 Å². The summed E-state index contributed by atoms with van der Waals surface area (Å²) in [5.74, 6) is 1.30. The lowest BCUT2D eigenvalue weighted by atomic mass is 10.1. The van der Waals surface area contributed by atoms with Gasteiger partial charge in [0, 0.05) is 25.1 Å². The first-order valence-corrected chi connectivity index (χ1v) is 9.45. The number of aryl methyl sites for hydroxylation is 2. The molecule has 7 nitrogen and oxygen atoms in total. The maximum absolute atomic E-state index is 12.3. The zero-order valence-corrected chi connectivity index (χ0v) is 15.2. The van der Waals surface area contributed by atoms with E-state index in [2.05, 4.69) is 27.8 Å². The summed E-state index contributed by atoms with van der Waals surface area (Å²) in [5.41, 5.74) is 2.60. The van der Waals surface area contributed by atoms with Gasteiger partial charge in [-0.05, 0) is 18.4 Å². The molecule has 2 aromatic rings. The number of nitrogens with one attached hydrogen (secondary N) is 2. The number of rotatable bonds is 6. The van der Waals surface area contributed by atoms with Crippen molar-refractivity contribution in [1.82, 2.24) is 15.3 Å². The number of carbonyl (C=O) groups excluding carboxylic acids is 1. The van der Waals surface area contributed by atoms with Crippen molar-refractivity contribution >= 4 is 11.7 Å². The first-order chi connectivity index (χ1) is 13.3. The molecule has 1 amide bonds. The van der Waals surface area contributed by atoms with Crippen LogP contribution in [-0.4, -0.2) is 54.9 Å². The summed E-state index contributed by atoms with van der Waals surface area (Å²) in [6.45, 7) is 3.03. The summed E-state index contributed by atoms with van der Waals surface area (Å²) in [5, 5.41) is 6.24. The molecule has 27 heavy (non-hydrogen) atoms. The molecule has 1 fully saturated rings. The SMILES string of the molecule is O=C1NCCc2c(NCC3COCCO3)nc(CCc3ccccc3)nc21. The van der Waals surface area contributed by atoms with Gasteiger partial charge in [0.25, 0.3) is 5.91 Å². The van der Waals surface area contributed by atoms with Crippen LogP contribution in [0.15, 0.2) is 30.3 Å². The summed E-state index contributed by atoms with van der Waals surface area (Å²) in [6, 6.07) is 10.2. The normalized spacial score (nSPS) is 19.3. The topological polar surface area (TPSA) is 85.4 Å². The minimum atomic E-state index is -0.125. The molecule has 0 aliphatic carbocycles. The predicted octanol–water partition coefficient (Wildman–Crippen LogP) is 1.37.